The van der Waals surface area contributed by atoms with E-state index in [-0.39, 0.29) is 23.0 Å². The van der Waals surface area contributed by atoms with Gasteiger partial charge in [0.25, 0.3) is 0 Å². The highest BCUT2D eigenvalue weighted by Gasteiger charge is 2.30. The van der Waals surface area contributed by atoms with Crippen molar-refractivity contribution in [1.82, 2.24) is 0 Å². The van der Waals surface area contributed by atoms with E-state index in [1.165, 1.54) is 5.56 Å². The summed E-state index contributed by atoms with van der Waals surface area (Å²) in [4.78, 5) is 0. The molecule has 2 N–H and O–H groups in total. The second-order valence-electron chi connectivity index (χ2n) is 7.54. The number of ether oxygens (including phenoxy) is 1. The molecule has 2 unspecified atom stereocenters. The van der Waals surface area contributed by atoms with Crippen LogP contribution in [-0.4, -0.2) is 12.1 Å². The Balaban J connectivity index is 2.88. The van der Waals surface area contributed by atoms with Crippen LogP contribution >= 0.6 is 0 Å². The average Bonchev–Trinajstić information content (AvgIpc) is 2.23. The summed E-state index contributed by atoms with van der Waals surface area (Å²) in [5.74, 6) is 0.894. The van der Waals surface area contributed by atoms with Crippen molar-refractivity contribution in [2.45, 2.75) is 66.0 Å². The summed E-state index contributed by atoms with van der Waals surface area (Å²) in [6.45, 7) is 15.1. The molecule has 0 amide bonds. The summed E-state index contributed by atoms with van der Waals surface area (Å²) in [6.07, 6.45) is 0.00740. The summed E-state index contributed by atoms with van der Waals surface area (Å²) in [5, 5.41) is 0. The highest BCUT2D eigenvalue weighted by Crippen LogP contribution is 2.29. The number of rotatable bonds is 3. The van der Waals surface area contributed by atoms with Gasteiger partial charge in [-0.1, -0.05) is 53.7 Å². The molecule has 1 aromatic rings. The van der Waals surface area contributed by atoms with Crippen molar-refractivity contribution in [3.8, 4) is 5.75 Å². The molecular formula is C17H29NO. The Labute approximate surface area is 118 Å². The van der Waals surface area contributed by atoms with Gasteiger partial charge in [0.15, 0.2) is 0 Å². The lowest BCUT2D eigenvalue weighted by atomic mass is 9.85. The van der Waals surface area contributed by atoms with Crippen molar-refractivity contribution in [2.75, 3.05) is 0 Å². The summed E-state index contributed by atoms with van der Waals surface area (Å²) >= 11 is 0. The van der Waals surface area contributed by atoms with Crippen molar-refractivity contribution in [2.24, 2.45) is 11.1 Å². The molecule has 0 aliphatic carbocycles. The maximum absolute atomic E-state index is 6.08. The van der Waals surface area contributed by atoms with Gasteiger partial charge in [0.2, 0.25) is 0 Å². The zero-order valence-electron chi connectivity index (χ0n) is 13.4. The lowest BCUT2D eigenvalue weighted by Gasteiger charge is -2.34. The first kappa shape index (κ1) is 16.0. The minimum atomic E-state index is 0.00212. The van der Waals surface area contributed by atoms with E-state index in [4.69, 9.17) is 10.5 Å². The second-order valence-corrected chi connectivity index (χ2v) is 7.54. The van der Waals surface area contributed by atoms with E-state index in [1.807, 2.05) is 19.1 Å². The van der Waals surface area contributed by atoms with Gasteiger partial charge in [-0.25, -0.2) is 0 Å². The zero-order valence-corrected chi connectivity index (χ0v) is 13.4. The fraction of sp³-hybridized carbons (Fsp3) is 0.647. The average molecular weight is 263 g/mol. The minimum absolute atomic E-state index is 0.00212. The number of benzene rings is 1. The Morgan fingerprint density at radius 2 is 1.42 bits per heavy atom. The van der Waals surface area contributed by atoms with Crippen LogP contribution in [0.3, 0.4) is 0 Å². The van der Waals surface area contributed by atoms with Gasteiger partial charge in [-0.05, 0) is 30.0 Å². The maximum Gasteiger partial charge on any atom is 0.119 e. The highest BCUT2D eigenvalue weighted by molar-refractivity contribution is 5.31. The smallest absolute Gasteiger partial charge is 0.119 e. The van der Waals surface area contributed by atoms with Gasteiger partial charge in [0, 0.05) is 11.5 Å². The third kappa shape index (κ3) is 4.54. The normalized spacial score (nSPS) is 16.0. The van der Waals surface area contributed by atoms with Crippen LogP contribution in [0.1, 0.15) is 54.0 Å². The van der Waals surface area contributed by atoms with Gasteiger partial charge < -0.3 is 10.5 Å². The Bertz CT molecular complexity index is 393. The summed E-state index contributed by atoms with van der Waals surface area (Å²) < 4.78 is 6.08. The first-order valence-corrected chi connectivity index (χ1v) is 7.04. The Kier molecular flexibility index (Phi) is 4.67. The second kappa shape index (κ2) is 5.54. The fourth-order valence-electron chi connectivity index (χ4n) is 2.25. The van der Waals surface area contributed by atoms with Crippen molar-refractivity contribution < 1.29 is 4.74 Å². The Hall–Kier alpha value is -1.02. The topological polar surface area (TPSA) is 35.2 Å². The molecule has 19 heavy (non-hydrogen) atoms. The van der Waals surface area contributed by atoms with Gasteiger partial charge in [0.05, 0.1) is 0 Å². The van der Waals surface area contributed by atoms with E-state index in [0.29, 0.717) is 0 Å². The molecule has 0 radical (unpaired) electrons. The van der Waals surface area contributed by atoms with Crippen LogP contribution in [0.15, 0.2) is 24.3 Å². The Morgan fingerprint density at radius 3 is 1.74 bits per heavy atom. The lowest BCUT2D eigenvalue weighted by Crippen LogP contribution is -2.45. The standard InChI is InChI=1S/C17H29NO/c1-12(18)15(17(5,6)7)19-14-10-8-13(9-11-14)16(2,3)4/h8-12,15H,18H2,1-7H3. The molecule has 0 aliphatic rings. The van der Waals surface area contributed by atoms with E-state index in [1.54, 1.807) is 0 Å². The van der Waals surface area contributed by atoms with E-state index in [0.717, 1.165) is 5.75 Å². The van der Waals surface area contributed by atoms with Crippen molar-refractivity contribution in [3.63, 3.8) is 0 Å². The lowest BCUT2D eigenvalue weighted by molar-refractivity contribution is 0.0684. The fourth-order valence-corrected chi connectivity index (χ4v) is 2.25. The number of hydrogen-bond acceptors (Lipinski definition) is 2. The third-order valence-corrected chi connectivity index (χ3v) is 3.31. The minimum Gasteiger partial charge on any atom is -0.488 e. The predicted molar refractivity (Wildman–Crippen MR) is 82.7 cm³/mol. The van der Waals surface area contributed by atoms with Crippen LogP contribution in [0.25, 0.3) is 0 Å². The molecule has 0 saturated carbocycles. The van der Waals surface area contributed by atoms with Crippen LogP contribution in [0, 0.1) is 5.41 Å². The first-order chi connectivity index (χ1) is 8.51. The largest absolute Gasteiger partial charge is 0.488 e. The molecule has 0 saturated heterocycles. The van der Waals surface area contributed by atoms with E-state index < -0.39 is 0 Å². The first-order valence-electron chi connectivity index (χ1n) is 7.04. The monoisotopic (exact) mass is 263 g/mol. The van der Waals surface area contributed by atoms with Crippen LogP contribution in [0.4, 0.5) is 0 Å². The van der Waals surface area contributed by atoms with Gasteiger partial charge >= 0.3 is 0 Å². The molecule has 2 heteroatoms. The highest BCUT2D eigenvalue weighted by atomic mass is 16.5. The molecule has 0 spiro atoms. The molecule has 0 heterocycles. The number of hydrogen-bond donors (Lipinski definition) is 1. The number of nitrogens with two attached hydrogens (primary N) is 1. The summed E-state index contributed by atoms with van der Waals surface area (Å²) in [7, 11) is 0. The Morgan fingerprint density at radius 1 is 0.947 bits per heavy atom. The molecule has 2 nitrogen and oxygen atoms in total. The van der Waals surface area contributed by atoms with E-state index in [9.17, 15) is 0 Å². The van der Waals surface area contributed by atoms with Crippen LogP contribution in [0.2, 0.25) is 0 Å². The molecule has 0 aliphatic heterocycles. The molecule has 0 fully saturated rings. The quantitative estimate of drug-likeness (QED) is 0.890. The molecule has 2 atom stereocenters. The van der Waals surface area contributed by atoms with Gasteiger partial charge in [-0.15, -0.1) is 0 Å². The molecular weight excluding hydrogens is 234 g/mol. The SMILES string of the molecule is CC(N)C(Oc1ccc(C(C)(C)C)cc1)C(C)(C)C. The van der Waals surface area contributed by atoms with Crippen LogP contribution in [-0.2, 0) is 5.41 Å². The van der Waals surface area contributed by atoms with Gasteiger partial charge in [-0.3, -0.25) is 0 Å². The van der Waals surface area contributed by atoms with Crippen molar-refractivity contribution in [3.05, 3.63) is 29.8 Å². The summed E-state index contributed by atoms with van der Waals surface area (Å²) in [5.41, 5.74) is 7.55. The van der Waals surface area contributed by atoms with Crippen molar-refractivity contribution in [1.29, 1.82) is 0 Å². The maximum atomic E-state index is 6.08. The molecule has 108 valence electrons. The molecule has 1 rings (SSSR count). The molecule has 1 aromatic carbocycles. The van der Waals surface area contributed by atoms with E-state index >= 15 is 0 Å². The van der Waals surface area contributed by atoms with Crippen LogP contribution in [0.5, 0.6) is 5.75 Å². The zero-order chi connectivity index (χ0) is 14.8. The molecule has 0 bridgehead atoms. The van der Waals surface area contributed by atoms with Crippen molar-refractivity contribution >= 4 is 0 Å². The molecule has 0 aromatic heterocycles. The predicted octanol–water partition coefficient (Wildman–Crippen LogP) is 4.12. The van der Waals surface area contributed by atoms with Gasteiger partial charge in [-0.2, -0.15) is 0 Å². The van der Waals surface area contributed by atoms with Crippen LogP contribution < -0.4 is 10.5 Å². The third-order valence-electron chi connectivity index (χ3n) is 3.31. The van der Waals surface area contributed by atoms with E-state index in [2.05, 4.69) is 53.7 Å². The summed E-state index contributed by atoms with van der Waals surface area (Å²) in [6, 6.07) is 8.36. The van der Waals surface area contributed by atoms with Gasteiger partial charge in [0.1, 0.15) is 11.9 Å².